The van der Waals surface area contributed by atoms with Gasteiger partial charge in [0.05, 0.1) is 11.9 Å². The Balaban J connectivity index is 1.21. The fraction of sp³-hybridized carbons (Fsp3) is 0.600. The van der Waals surface area contributed by atoms with Crippen LogP contribution in [0.3, 0.4) is 0 Å². The number of hydrogen-bond donors (Lipinski definition) is 2. The van der Waals surface area contributed by atoms with Crippen LogP contribution in [0.4, 0.5) is 17.6 Å². The van der Waals surface area contributed by atoms with Crippen molar-refractivity contribution < 1.29 is 27.2 Å². The van der Waals surface area contributed by atoms with Crippen LogP contribution in [0.1, 0.15) is 54.7 Å². The second kappa shape index (κ2) is 9.70. The lowest BCUT2D eigenvalue weighted by Gasteiger charge is -2.40. The van der Waals surface area contributed by atoms with Gasteiger partial charge >= 0.3 is 6.18 Å². The van der Waals surface area contributed by atoms with Crippen molar-refractivity contribution in [2.45, 2.75) is 75.8 Å². The molecule has 2 bridgehead atoms. The van der Waals surface area contributed by atoms with E-state index in [9.17, 15) is 27.2 Å². The summed E-state index contributed by atoms with van der Waals surface area (Å²) in [6, 6.07) is 1.07. The number of likely N-dealkylation sites (tertiary alicyclic amines) is 1. The van der Waals surface area contributed by atoms with Crippen molar-refractivity contribution in [1.82, 2.24) is 30.3 Å². The number of nitrogens with zero attached hydrogens (tertiary/aromatic N) is 4. The van der Waals surface area contributed by atoms with Crippen LogP contribution in [0.15, 0.2) is 18.3 Å². The molecular weight excluding hydrogens is 492 g/mol. The molecular formula is C25H30F4N6O2. The van der Waals surface area contributed by atoms with Gasteiger partial charge in [-0.1, -0.05) is 0 Å². The Bertz CT molecular complexity index is 1170. The summed E-state index contributed by atoms with van der Waals surface area (Å²) in [7, 11) is 1.44. The number of carbonyl (C=O) groups excluding carboxylic acids is 2. The van der Waals surface area contributed by atoms with Crippen molar-refractivity contribution in [3.05, 3.63) is 35.5 Å². The third kappa shape index (κ3) is 5.07. The van der Waals surface area contributed by atoms with Gasteiger partial charge in [0.1, 0.15) is 6.04 Å². The Hall–Kier alpha value is -3.02. The van der Waals surface area contributed by atoms with Crippen LogP contribution in [0.25, 0.3) is 11.3 Å². The molecule has 0 spiro atoms. The van der Waals surface area contributed by atoms with Gasteiger partial charge in [0.2, 0.25) is 5.91 Å². The number of likely N-dealkylation sites (N-methyl/N-ethyl adjacent to an activating group) is 1. The molecule has 5 heterocycles. The molecule has 2 aromatic heterocycles. The molecule has 0 radical (unpaired) electrons. The number of amides is 2. The standard InChI is InChI=1S/C25H30F4N6O2/c1-13-7-18(19(26)11-30-13)20-10-21(33-32-20)24(37)35-16-4-5-17(35)9-14(8-16)23(36)31-15-3-6-22(25(27,28)29)34(2)12-15/h7,10-11,14-17,22H,3-6,8-9,12H2,1-2H3,(H,31,36)(H,32,33)/t14-,15-,16-,17+,22-/m0/s1. The summed E-state index contributed by atoms with van der Waals surface area (Å²) in [4.78, 5) is 33.3. The van der Waals surface area contributed by atoms with E-state index >= 15 is 0 Å². The maximum Gasteiger partial charge on any atom is 0.404 e. The van der Waals surface area contributed by atoms with E-state index in [1.807, 2.05) is 0 Å². The summed E-state index contributed by atoms with van der Waals surface area (Å²) in [6.45, 7) is 1.90. The summed E-state index contributed by atoms with van der Waals surface area (Å²) in [5, 5.41) is 9.83. The van der Waals surface area contributed by atoms with Gasteiger partial charge in [-0.2, -0.15) is 18.3 Å². The van der Waals surface area contributed by atoms with Crippen LogP contribution in [-0.4, -0.2) is 80.7 Å². The minimum Gasteiger partial charge on any atom is -0.352 e. The second-order valence-corrected chi connectivity index (χ2v) is 10.5. The highest BCUT2D eigenvalue weighted by atomic mass is 19.4. The van der Waals surface area contributed by atoms with Crippen LogP contribution in [-0.2, 0) is 4.79 Å². The smallest absolute Gasteiger partial charge is 0.352 e. The normalized spacial score (nSPS) is 28.4. The molecule has 200 valence electrons. The maximum absolute atomic E-state index is 14.2. The number of nitrogens with one attached hydrogen (secondary N) is 2. The lowest BCUT2D eigenvalue weighted by Crippen LogP contribution is -2.56. The molecule has 3 saturated heterocycles. The van der Waals surface area contributed by atoms with E-state index in [2.05, 4.69) is 20.5 Å². The Kier molecular flexibility index (Phi) is 6.71. The van der Waals surface area contributed by atoms with E-state index in [-0.39, 0.29) is 66.5 Å². The molecule has 8 nitrogen and oxygen atoms in total. The quantitative estimate of drug-likeness (QED) is 0.600. The summed E-state index contributed by atoms with van der Waals surface area (Å²) in [6.07, 6.45) is -0.369. The molecule has 3 aliphatic heterocycles. The minimum atomic E-state index is -4.28. The number of alkyl halides is 3. The molecule has 0 unspecified atom stereocenters. The summed E-state index contributed by atoms with van der Waals surface area (Å²) >= 11 is 0. The van der Waals surface area contributed by atoms with E-state index < -0.39 is 18.0 Å². The van der Waals surface area contributed by atoms with Gasteiger partial charge in [0.25, 0.3) is 5.91 Å². The van der Waals surface area contributed by atoms with Crippen LogP contribution in [0.2, 0.25) is 0 Å². The van der Waals surface area contributed by atoms with Crippen molar-refractivity contribution in [3.8, 4) is 11.3 Å². The number of rotatable bonds is 4. The monoisotopic (exact) mass is 522 g/mol. The molecule has 0 aliphatic carbocycles. The Labute approximate surface area is 211 Å². The number of H-pyrrole nitrogens is 1. The fourth-order valence-electron chi connectivity index (χ4n) is 6.17. The fourth-order valence-corrected chi connectivity index (χ4v) is 6.17. The van der Waals surface area contributed by atoms with Crippen molar-refractivity contribution in [3.63, 3.8) is 0 Å². The molecule has 0 saturated carbocycles. The van der Waals surface area contributed by atoms with Crippen LogP contribution in [0, 0.1) is 18.7 Å². The summed E-state index contributed by atoms with van der Waals surface area (Å²) < 4.78 is 53.6. The predicted octanol–water partition coefficient (Wildman–Crippen LogP) is 3.44. The molecule has 2 N–H and O–H groups in total. The van der Waals surface area contributed by atoms with Crippen LogP contribution in [0.5, 0.6) is 0 Å². The molecule has 3 aliphatic rings. The van der Waals surface area contributed by atoms with Gasteiger partial charge in [0, 0.05) is 41.8 Å². The number of fused-ring (bicyclic) bond motifs is 2. The predicted molar refractivity (Wildman–Crippen MR) is 126 cm³/mol. The zero-order chi connectivity index (χ0) is 26.5. The average molecular weight is 523 g/mol. The van der Waals surface area contributed by atoms with E-state index in [0.717, 1.165) is 19.0 Å². The third-order valence-electron chi connectivity index (χ3n) is 7.97. The molecule has 3 fully saturated rings. The first-order chi connectivity index (χ1) is 17.5. The number of aryl methyl sites for hydroxylation is 1. The third-order valence-corrected chi connectivity index (χ3v) is 7.97. The highest BCUT2D eigenvalue weighted by molar-refractivity contribution is 5.94. The average Bonchev–Trinajstić information content (AvgIpc) is 3.42. The van der Waals surface area contributed by atoms with Gasteiger partial charge in [0.15, 0.2) is 11.5 Å². The first-order valence-electron chi connectivity index (χ1n) is 12.6. The van der Waals surface area contributed by atoms with Crippen molar-refractivity contribution >= 4 is 11.8 Å². The maximum atomic E-state index is 14.2. The lowest BCUT2D eigenvalue weighted by molar-refractivity contribution is -0.188. The number of carbonyl (C=O) groups is 2. The highest BCUT2D eigenvalue weighted by Crippen LogP contribution is 2.40. The van der Waals surface area contributed by atoms with E-state index in [1.54, 1.807) is 17.9 Å². The van der Waals surface area contributed by atoms with Gasteiger partial charge in [-0.05, 0) is 64.6 Å². The van der Waals surface area contributed by atoms with Gasteiger partial charge < -0.3 is 10.2 Å². The number of piperidine rings is 2. The summed E-state index contributed by atoms with van der Waals surface area (Å²) in [5.41, 5.74) is 1.50. The molecule has 5 atom stereocenters. The molecule has 12 heteroatoms. The van der Waals surface area contributed by atoms with Crippen LogP contribution >= 0.6 is 0 Å². The van der Waals surface area contributed by atoms with E-state index in [4.69, 9.17) is 0 Å². The van der Waals surface area contributed by atoms with Crippen molar-refractivity contribution in [2.75, 3.05) is 13.6 Å². The first-order valence-corrected chi connectivity index (χ1v) is 12.6. The molecule has 2 aromatic rings. The Morgan fingerprint density at radius 1 is 1.11 bits per heavy atom. The molecule has 2 amide bonds. The SMILES string of the molecule is Cc1cc(-c2cc(C(=O)N3[C@@H]4CC[C@H]3C[C@H](C(=O)N[C@H]3CC[C@@H](C(F)(F)F)N(C)C3)C4)n[nH]2)c(F)cn1. The lowest BCUT2D eigenvalue weighted by atomic mass is 9.89. The highest BCUT2D eigenvalue weighted by Gasteiger charge is 2.47. The number of aromatic amines is 1. The van der Waals surface area contributed by atoms with Gasteiger partial charge in [-0.25, -0.2) is 4.39 Å². The number of hydrogen-bond acceptors (Lipinski definition) is 5. The van der Waals surface area contributed by atoms with Crippen molar-refractivity contribution in [1.29, 1.82) is 0 Å². The molecule has 37 heavy (non-hydrogen) atoms. The number of aromatic nitrogens is 3. The second-order valence-electron chi connectivity index (χ2n) is 10.5. The largest absolute Gasteiger partial charge is 0.404 e. The zero-order valence-electron chi connectivity index (χ0n) is 20.7. The molecule has 0 aromatic carbocycles. The zero-order valence-corrected chi connectivity index (χ0v) is 20.7. The van der Waals surface area contributed by atoms with E-state index in [1.165, 1.54) is 18.0 Å². The van der Waals surface area contributed by atoms with Crippen molar-refractivity contribution in [2.24, 2.45) is 5.92 Å². The Morgan fingerprint density at radius 3 is 2.46 bits per heavy atom. The summed E-state index contributed by atoms with van der Waals surface area (Å²) in [5.74, 6) is -1.22. The molecule has 5 rings (SSSR count). The van der Waals surface area contributed by atoms with Gasteiger partial charge in [-0.3, -0.25) is 24.6 Å². The van der Waals surface area contributed by atoms with Crippen LogP contribution < -0.4 is 5.32 Å². The topological polar surface area (TPSA) is 94.2 Å². The number of pyridine rings is 1. The van der Waals surface area contributed by atoms with E-state index in [0.29, 0.717) is 24.2 Å². The minimum absolute atomic E-state index is 0.0439. The first kappa shape index (κ1) is 25.6. The Morgan fingerprint density at radius 2 is 1.81 bits per heavy atom. The van der Waals surface area contributed by atoms with Gasteiger partial charge in [-0.15, -0.1) is 0 Å². The number of halogens is 4.